The van der Waals surface area contributed by atoms with E-state index in [-0.39, 0.29) is 5.91 Å². The van der Waals surface area contributed by atoms with Crippen LogP contribution in [-0.2, 0) is 6.54 Å². The van der Waals surface area contributed by atoms with Crippen molar-refractivity contribution in [2.24, 2.45) is 5.92 Å². The lowest BCUT2D eigenvalue weighted by atomic mass is 10.1. The van der Waals surface area contributed by atoms with Crippen LogP contribution in [-0.4, -0.2) is 12.5 Å². The molecule has 0 unspecified atom stereocenters. The number of furan rings is 1. The van der Waals surface area contributed by atoms with E-state index in [1.807, 2.05) is 18.2 Å². The number of amides is 1. The number of hydrogen-bond donors (Lipinski definition) is 1. The maximum absolute atomic E-state index is 12.4. The second-order valence-corrected chi connectivity index (χ2v) is 6.35. The minimum Gasteiger partial charge on any atom is -0.493 e. The Morgan fingerprint density at radius 1 is 1.36 bits per heavy atom. The monoisotopic (exact) mass is 365 g/mol. The molecule has 0 aliphatic carbocycles. The second kappa shape index (κ2) is 8.03. The predicted molar refractivity (Wildman–Crippen MR) is 89.0 cm³/mol. The van der Waals surface area contributed by atoms with Crippen LogP contribution in [0, 0.1) is 5.92 Å². The van der Waals surface area contributed by atoms with Crippen LogP contribution >= 0.6 is 15.9 Å². The first kappa shape index (κ1) is 16.6. The van der Waals surface area contributed by atoms with E-state index in [1.54, 1.807) is 18.4 Å². The maximum atomic E-state index is 12.4. The summed E-state index contributed by atoms with van der Waals surface area (Å²) < 4.78 is 11.8. The van der Waals surface area contributed by atoms with Crippen LogP contribution in [0.3, 0.4) is 0 Å². The molecule has 0 aliphatic heterocycles. The molecule has 0 fully saturated rings. The quantitative estimate of drug-likeness (QED) is 0.790. The molecule has 1 amide bonds. The second-order valence-electron chi connectivity index (χ2n) is 5.43. The molecule has 0 spiro atoms. The van der Waals surface area contributed by atoms with Crippen LogP contribution in [0.15, 0.2) is 45.5 Å². The molecule has 0 bridgehead atoms. The molecule has 2 aromatic rings. The van der Waals surface area contributed by atoms with Gasteiger partial charge in [-0.25, -0.2) is 0 Å². The normalized spacial score (nSPS) is 10.7. The summed E-state index contributed by atoms with van der Waals surface area (Å²) in [6, 6.07) is 9.06. The lowest BCUT2D eigenvalue weighted by molar-refractivity contribution is 0.0943. The van der Waals surface area contributed by atoms with Crippen LogP contribution in [0.4, 0.5) is 0 Å². The van der Waals surface area contributed by atoms with Crippen LogP contribution in [0.5, 0.6) is 5.75 Å². The van der Waals surface area contributed by atoms with Gasteiger partial charge in [0.2, 0.25) is 0 Å². The van der Waals surface area contributed by atoms with Gasteiger partial charge in [0.1, 0.15) is 11.5 Å². The smallest absolute Gasteiger partial charge is 0.255 e. The zero-order chi connectivity index (χ0) is 15.9. The number of rotatable bonds is 7. The molecule has 0 saturated carbocycles. The summed E-state index contributed by atoms with van der Waals surface area (Å²) in [6.07, 6.45) is 2.53. The van der Waals surface area contributed by atoms with Gasteiger partial charge >= 0.3 is 0 Å². The summed E-state index contributed by atoms with van der Waals surface area (Å²) >= 11 is 3.39. The molecule has 1 N–H and O–H groups in total. The van der Waals surface area contributed by atoms with E-state index in [0.29, 0.717) is 36.1 Å². The van der Waals surface area contributed by atoms with Gasteiger partial charge in [-0.3, -0.25) is 4.79 Å². The SMILES string of the molecule is CC(C)CCOc1ccc(Br)cc1C(=O)NCc1ccco1. The average Bonchev–Trinajstić information content (AvgIpc) is 2.99. The minimum atomic E-state index is -0.183. The first-order valence-corrected chi connectivity index (χ1v) is 8.08. The fourth-order valence-electron chi connectivity index (χ4n) is 1.89. The lowest BCUT2D eigenvalue weighted by Crippen LogP contribution is -2.23. The Bertz CT molecular complexity index is 608. The van der Waals surface area contributed by atoms with Crippen molar-refractivity contribution in [2.75, 3.05) is 6.61 Å². The van der Waals surface area contributed by atoms with E-state index in [4.69, 9.17) is 9.15 Å². The summed E-state index contributed by atoms with van der Waals surface area (Å²) in [5.74, 6) is 1.69. The molecule has 22 heavy (non-hydrogen) atoms. The highest BCUT2D eigenvalue weighted by molar-refractivity contribution is 9.10. The maximum Gasteiger partial charge on any atom is 0.255 e. The van der Waals surface area contributed by atoms with Gasteiger partial charge < -0.3 is 14.5 Å². The Kier molecular flexibility index (Phi) is 6.07. The van der Waals surface area contributed by atoms with E-state index in [9.17, 15) is 4.79 Å². The van der Waals surface area contributed by atoms with E-state index in [1.165, 1.54) is 0 Å². The zero-order valence-electron chi connectivity index (χ0n) is 12.8. The summed E-state index contributed by atoms with van der Waals surface area (Å²) in [5.41, 5.74) is 0.518. The summed E-state index contributed by atoms with van der Waals surface area (Å²) in [4.78, 5) is 12.4. The van der Waals surface area contributed by atoms with Crippen molar-refractivity contribution in [3.63, 3.8) is 0 Å². The molecule has 0 saturated heterocycles. The number of carbonyl (C=O) groups excluding carboxylic acids is 1. The highest BCUT2D eigenvalue weighted by atomic mass is 79.9. The Morgan fingerprint density at radius 3 is 2.86 bits per heavy atom. The topological polar surface area (TPSA) is 51.5 Å². The van der Waals surface area contributed by atoms with Crippen molar-refractivity contribution in [3.8, 4) is 5.75 Å². The molecule has 1 heterocycles. The number of halogens is 1. The molecule has 1 aromatic carbocycles. The summed E-state index contributed by atoms with van der Waals surface area (Å²) in [7, 11) is 0. The van der Waals surface area contributed by atoms with Gasteiger partial charge in [-0.15, -0.1) is 0 Å². The third kappa shape index (κ3) is 4.91. The molecule has 4 nitrogen and oxygen atoms in total. The molecule has 0 radical (unpaired) electrons. The van der Waals surface area contributed by atoms with E-state index < -0.39 is 0 Å². The highest BCUT2D eigenvalue weighted by Crippen LogP contribution is 2.24. The standard InChI is InChI=1S/C17H20BrNO3/c1-12(2)7-9-22-16-6-5-13(18)10-15(16)17(20)19-11-14-4-3-8-21-14/h3-6,8,10,12H,7,9,11H2,1-2H3,(H,19,20). The third-order valence-electron chi connectivity index (χ3n) is 3.14. The fourth-order valence-corrected chi connectivity index (χ4v) is 2.25. The number of carbonyl (C=O) groups is 1. The van der Waals surface area contributed by atoms with E-state index in [2.05, 4.69) is 35.1 Å². The molecule has 0 aliphatic rings. The van der Waals surface area contributed by atoms with Crippen molar-refractivity contribution in [1.29, 1.82) is 0 Å². The van der Waals surface area contributed by atoms with Crippen LogP contribution in [0.2, 0.25) is 0 Å². The average molecular weight is 366 g/mol. The largest absolute Gasteiger partial charge is 0.493 e. The molecule has 2 rings (SSSR count). The van der Waals surface area contributed by atoms with Crippen molar-refractivity contribution < 1.29 is 13.9 Å². The molecular formula is C17H20BrNO3. The molecule has 5 heteroatoms. The van der Waals surface area contributed by atoms with E-state index >= 15 is 0 Å². The number of hydrogen-bond acceptors (Lipinski definition) is 3. The van der Waals surface area contributed by atoms with Crippen molar-refractivity contribution in [2.45, 2.75) is 26.8 Å². The van der Waals surface area contributed by atoms with Crippen LogP contribution < -0.4 is 10.1 Å². The van der Waals surface area contributed by atoms with Crippen LogP contribution in [0.25, 0.3) is 0 Å². The Hall–Kier alpha value is -1.75. The van der Waals surface area contributed by atoms with Gasteiger partial charge in [-0.1, -0.05) is 29.8 Å². The molecular weight excluding hydrogens is 346 g/mol. The van der Waals surface area contributed by atoms with Gasteiger partial charge in [0.15, 0.2) is 0 Å². The van der Waals surface area contributed by atoms with Crippen molar-refractivity contribution >= 4 is 21.8 Å². The molecule has 1 aromatic heterocycles. The first-order chi connectivity index (χ1) is 10.6. The first-order valence-electron chi connectivity index (χ1n) is 7.29. The van der Waals surface area contributed by atoms with Gasteiger partial charge in [0, 0.05) is 4.47 Å². The third-order valence-corrected chi connectivity index (χ3v) is 3.64. The van der Waals surface area contributed by atoms with Crippen molar-refractivity contribution in [3.05, 3.63) is 52.4 Å². The van der Waals surface area contributed by atoms with Gasteiger partial charge in [-0.2, -0.15) is 0 Å². The lowest BCUT2D eigenvalue weighted by Gasteiger charge is -2.13. The molecule has 0 atom stereocenters. The highest BCUT2D eigenvalue weighted by Gasteiger charge is 2.14. The summed E-state index contributed by atoms with van der Waals surface area (Å²) in [5, 5.41) is 2.83. The Balaban J connectivity index is 2.03. The van der Waals surface area contributed by atoms with Gasteiger partial charge in [0.05, 0.1) is 25.0 Å². The Morgan fingerprint density at radius 2 is 2.18 bits per heavy atom. The number of benzene rings is 1. The van der Waals surface area contributed by atoms with E-state index in [0.717, 1.165) is 10.9 Å². The fraction of sp³-hybridized carbons (Fsp3) is 0.353. The zero-order valence-corrected chi connectivity index (χ0v) is 14.4. The number of ether oxygens (including phenoxy) is 1. The van der Waals surface area contributed by atoms with Crippen molar-refractivity contribution in [1.82, 2.24) is 5.32 Å². The predicted octanol–water partition coefficient (Wildman–Crippen LogP) is 4.40. The number of nitrogens with one attached hydrogen (secondary N) is 1. The minimum absolute atomic E-state index is 0.183. The Labute approximate surface area is 139 Å². The molecule has 118 valence electrons. The summed E-state index contributed by atoms with van der Waals surface area (Å²) in [6.45, 7) is 5.23. The van der Waals surface area contributed by atoms with Gasteiger partial charge in [0.25, 0.3) is 5.91 Å². The van der Waals surface area contributed by atoms with Gasteiger partial charge in [-0.05, 0) is 42.7 Å². The van der Waals surface area contributed by atoms with Crippen LogP contribution in [0.1, 0.15) is 36.4 Å².